The first-order valence-electron chi connectivity index (χ1n) is 11.5. The van der Waals surface area contributed by atoms with E-state index in [2.05, 4.69) is 0 Å². The number of amides is 2. The van der Waals surface area contributed by atoms with E-state index in [4.69, 9.17) is 27.1 Å². The largest absolute Gasteiger partial charge is 0.449 e. The number of pyridine rings is 1. The zero-order chi connectivity index (χ0) is 22.7. The van der Waals surface area contributed by atoms with E-state index in [9.17, 15) is 9.59 Å². The molecule has 1 aliphatic carbocycles. The van der Waals surface area contributed by atoms with Gasteiger partial charge >= 0.3 is 6.09 Å². The Bertz CT molecular complexity index is 1000. The number of halogens is 1. The van der Waals surface area contributed by atoms with Crippen molar-refractivity contribution < 1.29 is 14.3 Å². The highest BCUT2D eigenvalue weighted by atomic mass is 35.5. The number of carbonyl (C=O) groups excluding carboxylic acids is 2. The Morgan fingerprint density at radius 2 is 1.97 bits per heavy atom. The van der Waals surface area contributed by atoms with Crippen molar-refractivity contribution in [3.63, 3.8) is 0 Å². The highest BCUT2D eigenvalue weighted by Gasteiger charge is 2.27. The maximum Gasteiger partial charge on any atom is 0.409 e. The number of aromatic nitrogens is 1. The Kier molecular flexibility index (Phi) is 7.16. The smallest absolute Gasteiger partial charge is 0.409 e. The summed E-state index contributed by atoms with van der Waals surface area (Å²) in [5, 5.41) is 1.64. The Morgan fingerprint density at radius 1 is 1.22 bits per heavy atom. The molecule has 1 aromatic carbocycles. The fourth-order valence-corrected chi connectivity index (χ4v) is 4.97. The molecule has 32 heavy (non-hydrogen) atoms. The molecule has 0 bridgehead atoms. The van der Waals surface area contributed by atoms with Crippen LogP contribution in [0.1, 0.15) is 47.8 Å². The molecule has 172 valence electrons. The molecule has 2 aliphatic rings. The van der Waals surface area contributed by atoms with Crippen molar-refractivity contribution in [1.82, 2.24) is 14.8 Å². The molecule has 1 fully saturated rings. The van der Waals surface area contributed by atoms with E-state index in [0.717, 1.165) is 59.3 Å². The highest BCUT2D eigenvalue weighted by molar-refractivity contribution is 6.36. The molecule has 8 heteroatoms. The lowest BCUT2D eigenvalue weighted by Gasteiger charge is -2.34. The van der Waals surface area contributed by atoms with Gasteiger partial charge in [0, 0.05) is 42.8 Å². The molecule has 2 heterocycles. The summed E-state index contributed by atoms with van der Waals surface area (Å²) in [5.41, 5.74) is 9.28. The number of nitrogens with two attached hydrogens (primary N) is 1. The second kappa shape index (κ2) is 10.0. The number of rotatable bonds is 5. The van der Waals surface area contributed by atoms with Gasteiger partial charge in [-0.25, -0.2) is 4.79 Å². The SMILES string of the molecule is CCCOC(=O)N1CCN(C(=O)c2ccc3c(Cl)c4c(nc3c2)CCC(CCN)C4)CC1. The molecule has 7 nitrogen and oxygen atoms in total. The molecule has 4 rings (SSSR count). The van der Waals surface area contributed by atoms with Crippen LogP contribution in [0.4, 0.5) is 4.79 Å². The van der Waals surface area contributed by atoms with Gasteiger partial charge in [0.1, 0.15) is 0 Å². The third-order valence-electron chi connectivity index (χ3n) is 6.46. The minimum absolute atomic E-state index is 0.0490. The van der Waals surface area contributed by atoms with Gasteiger partial charge in [0.25, 0.3) is 5.91 Å². The van der Waals surface area contributed by atoms with E-state index in [-0.39, 0.29) is 12.0 Å². The third kappa shape index (κ3) is 4.69. The maximum atomic E-state index is 13.1. The van der Waals surface area contributed by atoms with Crippen molar-refractivity contribution >= 4 is 34.5 Å². The Labute approximate surface area is 193 Å². The summed E-state index contributed by atoms with van der Waals surface area (Å²) in [6, 6.07) is 5.58. The van der Waals surface area contributed by atoms with Crippen LogP contribution in [0.2, 0.25) is 5.02 Å². The molecule has 2 aromatic rings. The Balaban J connectivity index is 1.48. The maximum absolute atomic E-state index is 13.1. The van der Waals surface area contributed by atoms with Crippen LogP contribution in [-0.4, -0.2) is 66.1 Å². The molecular formula is C24H31ClN4O3. The molecule has 0 radical (unpaired) electrons. The topological polar surface area (TPSA) is 88.8 Å². The predicted octanol–water partition coefficient (Wildman–Crippen LogP) is 3.65. The van der Waals surface area contributed by atoms with Crippen LogP contribution < -0.4 is 5.73 Å². The third-order valence-corrected chi connectivity index (χ3v) is 6.89. The summed E-state index contributed by atoms with van der Waals surface area (Å²) >= 11 is 6.77. The van der Waals surface area contributed by atoms with Crippen LogP contribution in [0.5, 0.6) is 0 Å². The monoisotopic (exact) mass is 458 g/mol. The van der Waals surface area contributed by atoms with Crippen molar-refractivity contribution in [3.05, 3.63) is 40.0 Å². The first-order chi connectivity index (χ1) is 15.5. The van der Waals surface area contributed by atoms with Gasteiger partial charge in [0.2, 0.25) is 0 Å². The van der Waals surface area contributed by atoms with E-state index in [1.165, 1.54) is 0 Å². The average molecular weight is 459 g/mol. The van der Waals surface area contributed by atoms with E-state index in [0.29, 0.717) is 50.8 Å². The lowest BCUT2D eigenvalue weighted by molar-refractivity contribution is 0.0560. The summed E-state index contributed by atoms with van der Waals surface area (Å²) in [5.74, 6) is 0.509. The quantitative estimate of drug-likeness (QED) is 0.738. The molecule has 1 saturated heterocycles. The van der Waals surface area contributed by atoms with Gasteiger partial charge in [-0.2, -0.15) is 0 Å². The lowest BCUT2D eigenvalue weighted by atomic mass is 9.84. The summed E-state index contributed by atoms with van der Waals surface area (Å²) in [6.45, 7) is 5.00. The van der Waals surface area contributed by atoms with Gasteiger partial charge < -0.3 is 20.3 Å². The zero-order valence-corrected chi connectivity index (χ0v) is 19.4. The Morgan fingerprint density at radius 3 is 2.69 bits per heavy atom. The van der Waals surface area contributed by atoms with Gasteiger partial charge in [-0.15, -0.1) is 0 Å². The molecule has 1 aliphatic heterocycles. The van der Waals surface area contributed by atoms with Crippen LogP contribution in [0, 0.1) is 5.92 Å². The summed E-state index contributed by atoms with van der Waals surface area (Å²) in [6.07, 6.45) is 4.38. The van der Waals surface area contributed by atoms with E-state index in [1.807, 2.05) is 25.1 Å². The number of ether oxygens (including phenoxy) is 1. The molecular weight excluding hydrogens is 428 g/mol. The van der Waals surface area contributed by atoms with Crippen LogP contribution in [0.3, 0.4) is 0 Å². The predicted molar refractivity (Wildman–Crippen MR) is 125 cm³/mol. The molecule has 1 unspecified atom stereocenters. The van der Waals surface area contributed by atoms with Crippen LogP contribution in [-0.2, 0) is 17.6 Å². The lowest BCUT2D eigenvalue weighted by Crippen LogP contribution is -2.50. The van der Waals surface area contributed by atoms with Crippen molar-refractivity contribution in [3.8, 4) is 0 Å². The number of hydrogen-bond acceptors (Lipinski definition) is 5. The van der Waals surface area contributed by atoms with Gasteiger partial charge in [-0.3, -0.25) is 9.78 Å². The summed E-state index contributed by atoms with van der Waals surface area (Å²) in [7, 11) is 0. The minimum Gasteiger partial charge on any atom is -0.449 e. The first kappa shape index (κ1) is 22.8. The standard InChI is InChI=1S/C24H31ClN4O3/c1-2-13-32-24(31)29-11-9-28(10-12-29)23(30)17-4-5-18-21(15-17)27-20-6-3-16(7-8-26)14-19(20)22(18)25/h4-5,15-16H,2-3,6-14,26H2,1H3. The molecule has 1 aromatic heterocycles. The summed E-state index contributed by atoms with van der Waals surface area (Å²) in [4.78, 5) is 33.4. The number of fused-ring (bicyclic) bond motifs is 2. The van der Waals surface area contributed by atoms with Crippen LogP contribution in [0.15, 0.2) is 18.2 Å². The van der Waals surface area contributed by atoms with Gasteiger partial charge in [0.05, 0.1) is 17.1 Å². The van der Waals surface area contributed by atoms with E-state index >= 15 is 0 Å². The molecule has 0 spiro atoms. The van der Waals surface area contributed by atoms with Crippen molar-refractivity contribution in [2.45, 2.75) is 39.0 Å². The number of aryl methyl sites for hydroxylation is 1. The first-order valence-corrected chi connectivity index (χ1v) is 11.9. The fraction of sp³-hybridized carbons (Fsp3) is 0.542. The zero-order valence-electron chi connectivity index (χ0n) is 18.6. The molecule has 2 amide bonds. The van der Waals surface area contributed by atoms with Crippen molar-refractivity contribution in [2.24, 2.45) is 11.7 Å². The van der Waals surface area contributed by atoms with E-state index < -0.39 is 0 Å². The number of piperazine rings is 1. The summed E-state index contributed by atoms with van der Waals surface area (Å²) < 4.78 is 5.19. The van der Waals surface area contributed by atoms with Crippen molar-refractivity contribution in [2.75, 3.05) is 39.3 Å². The molecule has 0 saturated carbocycles. The van der Waals surface area contributed by atoms with Crippen LogP contribution >= 0.6 is 11.6 Å². The molecule has 1 atom stereocenters. The van der Waals surface area contributed by atoms with Gasteiger partial charge in [-0.1, -0.05) is 24.6 Å². The fourth-order valence-electron chi connectivity index (χ4n) is 4.63. The van der Waals surface area contributed by atoms with Gasteiger partial charge in [0.15, 0.2) is 0 Å². The van der Waals surface area contributed by atoms with Crippen molar-refractivity contribution in [1.29, 1.82) is 0 Å². The second-order valence-electron chi connectivity index (χ2n) is 8.66. The minimum atomic E-state index is -0.304. The Hall–Kier alpha value is -2.38. The second-order valence-corrected chi connectivity index (χ2v) is 9.04. The van der Waals surface area contributed by atoms with Gasteiger partial charge in [-0.05, 0) is 62.3 Å². The number of benzene rings is 1. The number of hydrogen-bond donors (Lipinski definition) is 1. The number of carbonyl (C=O) groups is 2. The van der Waals surface area contributed by atoms with Crippen LogP contribution in [0.25, 0.3) is 10.9 Å². The number of nitrogens with zero attached hydrogens (tertiary/aromatic N) is 3. The van der Waals surface area contributed by atoms with E-state index in [1.54, 1.807) is 9.80 Å². The average Bonchev–Trinajstić information content (AvgIpc) is 2.82. The molecule has 2 N–H and O–H groups in total. The normalized spacial score (nSPS) is 18.5. The highest BCUT2D eigenvalue weighted by Crippen LogP contribution is 2.36.